The van der Waals surface area contributed by atoms with Crippen molar-refractivity contribution in [2.24, 2.45) is 0 Å². The zero-order valence-electron chi connectivity index (χ0n) is 13.5. The first-order valence-electron chi connectivity index (χ1n) is 8.15. The Morgan fingerprint density at radius 3 is 2.43 bits per heavy atom. The first-order valence-corrected chi connectivity index (χ1v) is 8.15. The maximum Gasteiger partial charge on any atom is 0.122 e. The minimum absolute atomic E-state index is 0.205. The Morgan fingerprint density at radius 1 is 1.05 bits per heavy atom. The van der Waals surface area contributed by atoms with Gasteiger partial charge < -0.3 is 14.8 Å². The fourth-order valence-electron chi connectivity index (χ4n) is 3.53. The molecule has 0 bridgehead atoms. The molecule has 1 aliphatic carbocycles. The van der Waals surface area contributed by atoms with E-state index in [0.717, 1.165) is 25.4 Å². The molecule has 118 valence electrons. The van der Waals surface area contributed by atoms with Gasteiger partial charge in [0, 0.05) is 31.2 Å². The highest BCUT2D eigenvalue weighted by Gasteiger charge is 2.34. The molecule has 1 N–H and O–H groups in total. The second kappa shape index (κ2) is 8.40. The van der Waals surface area contributed by atoms with Crippen LogP contribution in [0, 0.1) is 0 Å². The molecule has 1 fully saturated rings. The van der Waals surface area contributed by atoms with E-state index >= 15 is 0 Å². The highest BCUT2D eigenvalue weighted by Crippen LogP contribution is 2.41. The van der Waals surface area contributed by atoms with Gasteiger partial charge in [-0.15, -0.1) is 0 Å². The Bertz CT molecular complexity index is 411. The Labute approximate surface area is 129 Å². The van der Waals surface area contributed by atoms with Gasteiger partial charge in [0.2, 0.25) is 0 Å². The minimum Gasteiger partial charge on any atom is -0.496 e. The van der Waals surface area contributed by atoms with Crippen LogP contribution in [0.4, 0.5) is 0 Å². The zero-order valence-corrected chi connectivity index (χ0v) is 13.5. The summed E-state index contributed by atoms with van der Waals surface area (Å²) in [5, 5.41) is 3.59. The quantitative estimate of drug-likeness (QED) is 0.616. The summed E-state index contributed by atoms with van der Waals surface area (Å²) >= 11 is 0. The number of hydrogen-bond donors (Lipinski definition) is 1. The second-order valence-electron chi connectivity index (χ2n) is 6.06. The fourth-order valence-corrected chi connectivity index (χ4v) is 3.53. The molecule has 0 spiro atoms. The van der Waals surface area contributed by atoms with Gasteiger partial charge in [-0.1, -0.05) is 43.9 Å². The van der Waals surface area contributed by atoms with E-state index in [4.69, 9.17) is 9.47 Å². The topological polar surface area (TPSA) is 30.5 Å². The standard InChI is InChI=1S/C18H29NO2/c1-20-14-13-19-15-18(11-7-3-4-8-12-18)16-9-5-6-10-17(16)21-2/h5-6,9-10,19H,3-4,7-8,11-15H2,1-2H3. The van der Waals surface area contributed by atoms with Crippen molar-refractivity contribution in [3.63, 3.8) is 0 Å². The van der Waals surface area contributed by atoms with Crippen LogP contribution in [-0.2, 0) is 10.2 Å². The number of benzene rings is 1. The van der Waals surface area contributed by atoms with Crippen molar-refractivity contribution >= 4 is 0 Å². The first kappa shape index (κ1) is 16.3. The maximum absolute atomic E-state index is 5.64. The van der Waals surface area contributed by atoms with Crippen LogP contribution in [-0.4, -0.2) is 33.9 Å². The van der Waals surface area contributed by atoms with E-state index in [1.54, 1.807) is 14.2 Å². The summed E-state index contributed by atoms with van der Waals surface area (Å²) < 4.78 is 10.8. The number of rotatable bonds is 7. The lowest BCUT2D eigenvalue weighted by Crippen LogP contribution is -2.39. The van der Waals surface area contributed by atoms with Gasteiger partial charge in [0.05, 0.1) is 13.7 Å². The van der Waals surface area contributed by atoms with Crippen molar-refractivity contribution in [3.8, 4) is 5.75 Å². The number of ether oxygens (including phenoxy) is 2. The van der Waals surface area contributed by atoms with Crippen LogP contribution in [0.1, 0.15) is 44.1 Å². The summed E-state index contributed by atoms with van der Waals surface area (Å²) in [5.74, 6) is 1.04. The smallest absolute Gasteiger partial charge is 0.122 e. The summed E-state index contributed by atoms with van der Waals surface area (Å²) in [4.78, 5) is 0. The second-order valence-corrected chi connectivity index (χ2v) is 6.06. The Morgan fingerprint density at radius 2 is 1.76 bits per heavy atom. The fraction of sp³-hybridized carbons (Fsp3) is 0.667. The maximum atomic E-state index is 5.64. The van der Waals surface area contributed by atoms with E-state index in [-0.39, 0.29) is 5.41 Å². The molecule has 0 radical (unpaired) electrons. The summed E-state index contributed by atoms with van der Waals surface area (Å²) in [5.41, 5.74) is 1.58. The van der Waals surface area contributed by atoms with E-state index in [1.807, 2.05) is 0 Å². The molecular weight excluding hydrogens is 262 g/mol. The van der Waals surface area contributed by atoms with E-state index in [2.05, 4.69) is 29.6 Å². The largest absolute Gasteiger partial charge is 0.496 e. The molecule has 1 aliphatic rings. The van der Waals surface area contributed by atoms with Crippen molar-refractivity contribution in [1.82, 2.24) is 5.32 Å². The molecule has 0 amide bonds. The van der Waals surface area contributed by atoms with Gasteiger partial charge in [0.25, 0.3) is 0 Å². The SMILES string of the molecule is COCCNCC1(c2ccccc2OC)CCCCCC1. The molecule has 0 aromatic heterocycles. The number of methoxy groups -OCH3 is 2. The van der Waals surface area contributed by atoms with Crippen molar-refractivity contribution < 1.29 is 9.47 Å². The molecular formula is C18H29NO2. The van der Waals surface area contributed by atoms with Crippen molar-refractivity contribution in [3.05, 3.63) is 29.8 Å². The van der Waals surface area contributed by atoms with E-state index in [9.17, 15) is 0 Å². The third-order valence-electron chi connectivity index (χ3n) is 4.69. The van der Waals surface area contributed by atoms with Crippen LogP contribution in [0.25, 0.3) is 0 Å². The summed E-state index contributed by atoms with van der Waals surface area (Å²) in [6.45, 7) is 2.69. The van der Waals surface area contributed by atoms with Crippen molar-refractivity contribution in [2.75, 3.05) is 33.9 Å². The molecule has 2 rings (SSSR count). The van der Waals surface area contributed by atoms with Gasteiger partial charge in [-0.2, -0.15) is 0 Å². The number of para-hydroxylation sites is 1. The van der Waals surface area contributed by atoms with Crippen LogP contribution >= 0.6 is 0 Å². The lowest BCUT2D eigenvalue weighted by Gasteiger charge is -2.35. The van der Waals surface area contributed by atoms with E-state index in [1.165, 1.54) is 44.1 Å². The third kappa shape index (κ3) is 4.21. The zero-order chi connectivity index (χ0) is 15.0. The molecule has 0 unspecified atom stereocenters. The van der Waals surface area contributed by atoms with Crippen LogP contribution in [0.2, 0.25) is 0 Å². The molecule has 21 heavy (non-hydrogen) atoms. The molecule has 0 aliphatic heterocycles. The minimum atomic E-state index is 0.205. The Hall–Kier alpha value is -1.06. The molecule has 1 aromatic rings. The summed E-state index contributed by atoms with van der Waals surface area (Å²) in [7, 11) is 3.53. The van der Waals surface area contributed by atoms with Crippen LogP contribution < -0.4 is 10.1 Å². The highest BCUT2D eigenvalue weighted by molar-refractivity contribution is 5.40. The van der Waals surface area contributed by atoms with Crippen molar-refractivity contribution in [2.45, 2.75) is 43.9 Å². The molecule has 3 nitrogen and oxygen atoms in total. The van der Waals surface area contributed by atoms with Gasteiger partial charge in [-0.05, 0) is 18.9 Å². The predicted molar refractivity (Wildman–Crippen MR) is 87.1 cm³/mol. The van der Waals surface area contributed by atoms with E-state index in [0.29, 0.717) is 0 Å². The number of hydrogen-bond acceptors (Lipinski definition) is 3. The Balaban J connectivity index is 2.21. The average Bonchev–Trinajstić information content (AvgIpc) is 2.78. The van der Waals surface area contributed by atoms with Gasteiger partial charge in [0.15, 0.2) is 0 Å². The molecule has 1 saturated carbocycles. The molecule has 0 saturated heterocycles. The predicted octanol–water partition coefficient (Wildman–Crippen LogP) is 3.52. The van der Waals surface area contributed by atoms with Gasteiger partial charge in [-0.25, -0.2) is 0 Å². The van der Waals surface area contributed by atoms with E-state index < -0.39 is 0 Å². The molecule has 1 aromatic carbocycles. The van der Waals surface area contributed by atoms with Crippen LogP contribution in [0.3, 0.4) is 0 Å². The summed E-state index contributed by atoms with van der Waals surface area (Å²) in [6.07, 6.45) is 7.82. The monoisotopic (exact) mass is 291 g/mol. The van der Waals surface area contributed by atoms with Gasteiger partial charge >= 0.3 is 0 Å². The molecule has 0 atom stereocenters. The number of nitrogens with one attached hydrogen (secondary N) is 1. The lowest BCUT2D eigenvalue weighted by atomic mass is 9.73. The highest BCUT2D eigenvalue weighted by atomic mass is 16.5. The lowest BCUT2D eigenvalue weighted by molar-refractivity contribution is 0.195. The van der Waals surface area contributed by atoms with Gasteiger partial charge in [0.1, 0.15) is 5.75 Å². The average molecular weight is 291 g/mol. The molecule has 3 heteroatoms. The van der Waals surface area contributed by atoms with Gasteiger partial charge in [-0.3, -0.25) is 0 Å². The Kier molecular flexibility index (Phi) is 6.52. The normalized spacial score (nSPS) is 18.2. The van der Waals surface area contributed by atoms with Crippen molar-refractivity contribution in [1.29, 1.82) is 0 Å². The third-order valence-corrected chi connectivity index (χ3v) is 4.69. The van der Waals surface area contributed by atoms with Crippen LogP contribution in [0.5, 0.6) is 5.75 Å². The summed E-state index contributed by atoms with van der Waals surface area (Å²) in [6, 6.07) is 8.55. The first-order chi connectivity index (χ1) is 10.3. The van der Waals surface area contributed by atoms with Crippen LogP contribution in [0.15, 0.2) is 24.3 Å². The molecule has 0 heterocycles.